The van der Waals surface area contributed by atoms with Crippen molar-refractivity contribution in [1.29, 1.82) is 0 Å². The van der Waals surface area contributed by atoms with Crippen LogP contribution in [0.5, 0.6) is 0 Å². The fraction of sp³-hybridized carbons (Fsp3) is 0.182. The highest BCUT2D eigenvalue weighted by atomic mass is 79.9. The maximum absolute atomic E-state index is 13.4. The summed E-state index contributed by atoms with van der Waals surface area (Å²) in [6.07, 6.45) is -0.247. The van der Waals surface area contributed by atoms with Gasteiger partial charge in [0.15, 0.2) is 22.0 Å². The molecule has 0 aliphatic heterocycles. The number of Topliss-reactive ketones (excluding diaryl/α,β-unsaturated/α-hetero) is 1. The topological polar surface area (TPSA) is 47.8 Å². The molecule has 1 aromatic heterocycles. The predicted octanol–water partition coefficient (Wildman–Crippen LogP) is 2.28. The molecule has 18 heavy (non-hydrogen) atoms. The number of carbonyl (C=O) groups is 1. The summed E-state index contributed by atoms with van der Waals surface area (Å²) < 4.78 is 28.0. The first kappa shape index (κ1) is 12.8. The third-order valence-electron chi connectivity index (χ3n) is 2.43. The first-order chi connectivity index (χ1) is 8.50. The second kappa shape index (κ2) is 4.93. The summed E-state index contributed by atoms with van der Waals surface area (Å²) in [5, 5.41) is 7.31. The van der Waals surface area contributed by atoms with Crippen LogP contribution in [-0.4, -0.2) is 20.8 Å². The lowest BCUT2D eigenvalue weighted by molar-refractivity contribution is 0.0982. The standard InChI is InChI=1S/C11H8BrF2N3O/c1-17-10(11(12)15-16-17)8(18)5-6-3-2-4-7(13)9(6)14/h2-4H,5H2,1H3. The zero-order chi connectivity index (χ0) is 13.3. The third kappa shape index (κ3) is 2.31. The SMILES string of the molecule is Cn1nnc(Br)c1C(=O)Cc1cccc(F)c1F. The van der Waals surface area contributed by atoms with Gasteiger partial charge in [0.25, 0.3) is 0 Å². The Morgan fingerprint density at radius 3 is 2.78 bits per heavy atom. The van der Waals surface area contributed by atoms with Crippen LogP contribution in [-0.2, 0) is 13.5 Å². The number of aryl methyl sites for hydroxylation is 1. The minimum Gasteiger partial charge on any atom is -0.292 e. The summed E-state index contributed by atoms with van der Waals surface area (Å²) in [6, 6.07) is 3.73. The molecule has 0 saturated carbocycles. The minimum atomic E-state index is -1.00. The fourth-order valence-corrected chi connectivity index (χ4v) is 2.12. The van der Waals surface area contributed by atoms with Gasteiger partial charge in [-0.05, 0) is 27.6 Å². The fourth-order valence-electron chi connectivity index (χ4n) is 1.57. The number of hydrogen-bond acceptors (Lipinski definition) is 3. The van der Waals surface area contributed by atoms with E-state index in [1.165, 1.54) is 16.8 Å². The van der Waals surface area contributed by atoms with E-state index in [0.717, 1.165) is 6.07 Å². The Hall–Kier alpha value is -1.63. The number of benzene rings is 1. The Morgan fingerprint density at radius 2 is 2.17 bits per heavy atom. The largest absolute Gasteiger partial charge is 0.292 e. The van der Waals surface area contributed by atoms with E-state index in [1.807, 2.05) is 0 Å². The van der Waals surface area contributed by atoms with Gasteiger partial charge < -0.3 is 0 Å². The number of aromatic nitrogens is 3. The maximum atomic E-state index is 13.4. The second-order valence-electron chi connectivity index (χ2n) is 3.67. The second-order valence-corrected chi connectivity index (χ2v) is 4.42. The number of ketones is 1. The molecule has 0 atom stereocenters. The zero-order valence-electron chi connectivity index (χ0n) is 9.32. The zero-order valence-corrected chi connectivity index (χ0v) is 10.9. The number of rotatable bonds is 3. The van der Waals surface area contributed by atoms with Gasteiger partial charge in [-0.2, -0.15) is 0 Å². The summed E-state index contributed by atoms with van der Waals surface area (Å²) in [6.45, 7) is 0. The summed E-state index contributed by atoms with van der Waals surface area (Å²) >= 11 is 3.08. The summed E-state index contributed by atoms with van der Waals surface area (Å²) in [7, 11) is 1.55. The average Bonchev–Trinajstić information content (AvgIpc) is 2.65. The van der Waals surface area contributed by atoms with E-state index < -0.39 is 11.6 Å². The van der Waals surface area contributed by atoms with Crippen LogP contribution >= 0.6 is 15.9 Å². The van der Waals surface area contributed by atoms with Gasteiger partial charge in [0.1, 0.15) is 5.69 Å². The summed E-state index contributed by atoms with van der Waals surface area (Å²) in [5.74, 6) is -2.36. The lowest BCUT2D eigenvalue weighted by Gasteiger charge is -2.03. The monoisotopic (exact) mass is 315 g/mol. The van der Waals surface area contributed by atoms with E-state index in [4.69, 9.17) is 0 Å². The van der Waals surface area contributed by atoms with E-state index in [2.05, 4.69) is 26.2 Å². The van der Waals surface area contributed by atoms with Gasteiger partial charge in [0.05, 0.1) is 0 Å². The van der Waals surface area contributed by atoms with Crippen LogP contribution in [0.2, 0.25) is 0 Å². The highest BCUT2D eigenvalue weighted by Gasteiger charge is 2.19. The average molecular weight is 316 g/mol. The first-order valence-corrected chi connectivity index (χ1v) is 5.81. The Bertz CT molecular complexity index is 593. The smallest absolute Gasteiger partial charge is 0.188 e. The van der Waals surface area contributed by atoms with Gasteiger partial charge >= 0.3 is 0 Å². The molecule has 0 amide bonds. The molecule has 0 saturated heterocycles. The van der Waals surface area contributed by atoms with E-state index in [9.17, 15) is 13.6 Å². The van der Waals surface area contributed by atoms with Gasteiger partial charge in [0, 0.05) is 13.5 Å². The highest BCUT2D eigenvalue weighted by molar-refractivity contribution is 9.10. The van der Waals surface area contributed by atoms with E-state index in [0.29, 0.717) is 0 Å². The molecule has 0 N–H and O–H groups in total. The van der Waals surface area contributed by atoms with Crippen molar-refractivity contribution in [3.8, 4) is 0 Å². The van der Waals surface area contributed by atoms with Crippen LogP contribution in [0.15, 0.2) is 22.8 Å². The lowest BCUT2D eigenvalue weighted by atomic mass is 10.1. The molecule has 0 bridgehead atoms. The molecule has 94 valence electrons. The molecule has 0 unspecified atom stereocenters. The normalized spacial score (nSPS) is 10.7. The van der Waals surface area contributed by atoms with Crippen LogP contribution in [0.1, 0.15) is 16.1 Å². The number of nitrogens with zero attached hydrogens (tertiary/aromatic N) is 3. The molecule has 1 heterocycles. The maximum Gasteiger partial charge on any atom is 0.188 e. The summed E-state index contributed by atoms with van der Waals surface area (Å²) in [5.41, 5.74) is 0.228. The summed E-state index contributed by atoms with van der Waals surface area (Å²) in [4.78, 5) is 12.0. The van der Waals surface area contributed by atoms with Crippen LogP contribution in [0.25, 0.3) is 0 Å². The van der Waals surface area contributed by atoms with Gasteiger partial charge in [-0.25, -0.2) is 13.5 Å². The van der Waals surface area contributed by atoms with Gasteiger partial charge in [-0.15, -0.1) is 5.10 Å². The molecule has 0 radical (unpaired) electrons. The molecule has 0 aliphatic carbocycles. The van der Waals surface area contributed by atoms with Gasteiger partial charge in [-0.3, -0.25) is 4.79 Å². The van der Waals surface area contributed by atoms with E-state index in [1.54, 1.807) is 7.05 Å². The van der Waals surface area contributed by atoms with Crippen molar-refractivity contribution in [2.45, 2.75) is 6.42 Å². The molecule has 2 aromatic rings. The first-order valence-electron chi connectivity index (χ1n) is 5.02. The predicted molar refractivity (Wildman–Crippen MR) is 63.1 cm³/mol. The highest BCUT2D eigenvalue weighted by Crippen LogP contribution is 2.17. The number of halogens is 3. The van der Waals surface area contributed by atoms with Gasteiger partial charge in [0.2, 0.25) is 0 Å². The van der Waals surface area contributed by atoms with Crippen LogP contribution < -0.4 is 0 Å². The molecule has 2 rings (SSSR count). The van der Waals surface area contributed by atoms with Crippen molar-refractivity contribution in [1.82, 2.24) is 15.0 Å². The van der Waals surface area contributed by atoms with Crippen molar-refractivity contribution < 1.29 is 13.6 Å². The Kier molecular flexibility index (Phi) is 3.51. The third-order valence-corrected chi connectivity index (χ3v) is 2.97. The molecule has 0 aliphatic rings. The Morgan fingerprint density at radius 1 is 1.44 bits per heavy atom. The Balaban J connectivity index is 2.30. The molecular formula is C11H8BrF2N3O. The van der Waals surface area contributed by atoms with Crippen molar-refractivity contribution in [2.75, 3.05) is 0 Å². The van der Waals surface area contributed by atoms with Crippen molar-refractivity contribution in [3.63, 3.8) is 0 Å². The lowest BCUT2D eigenvalue weighted by Crippen LogP contribution is -2.11. The van der Waals surface area contributed by atoms with Crippen LogP contribution in [0.4, 0.5) is 8.78 Å². The Labute approximate surface area is 110 Å². The number of hydrogen-bond donors (Lipinski definition) is 0. The van der Waals surface area contributed by atoms with Crippen LogP contribution in [0, 0.1) is 11.6 Å². The number of carbonyl (C=O) groups excluding carboxylic acids is 1. The van der Waals surface area contributed by atoms with E-state index in [-0.39, 0.29) is 28.1 Å². The van der Waals surface area contributed by atoms with Crippen molar-refractivity contribution in [3.05, 3.63) is 45.7 Å². The quantitative estimate of drug-likeness (QED) is 0.816. The van der Waals surface area contributed by atoms with E-state index >= 15 is 0 Å². The molecular weight excluding hydrogens is 308 g/mol. The van der Waals surface area contributed by atoms with Crippen molar-refractivity contribution >= 4 is 21.7 Å². The van der Waals surface area contributed by atoms with Gasteiger partial charge in [-0.1, -0.05) is 17.3 Å². The minimum absolute atomic E-state index is 0.00750. The molecule has 0 spiro atoms. The molecule has 0 fully saturated rings. The molecule has 4 nitrogen and oxygen atoms in total. The molecule has 1 aromatic carbocycles. The van der Waals surface area contributed by atoms with Crippen LogP contribution in [0.3, 0.4) is 0 Å². The van der Waals surface area contributed by atoms with Crippen molar-refractivity contribution in [2.24, 2.45) is 7.05 Å². The molecule has 7 heteroatoms.